The van der Waals surface area contributed by atoms with E-state index >= 15 is 0 Å². The summed E-state index contributed by atoms with van der Waals surface area (Å²) in [4.78, 5) is 22.0. The van der Waals surface area contributed by atoms with Crippen LogP contribution in [0.5, 0.6) is 0 Å². The van der Waals surface area contributed by atoms with Gasteiger partial charge in [0.2, 0.25) is 0 Å². The smallest absolute Gasteiger partial charge is 0.328 e. The molecule has 112 valence electrons. The first-order chi connectivity index (χ1) is 10.6. The summed E-state index contributed by atoms with van der Waals surface area (Å²) in [7, 11) is 0. The number of rotatable bonds is 2. The van der Waals surface area contributed by atoms with Crippen molar-refractivity contribution in [3.8, 4) is 0 Å². The van der Waals surface area contributed by atoms with Gasteiger partial charge in [-0.15, -0.1) is 16.4 Å². The number of carboxylic acid groups (broad SMARTS) is 1. The SMILES string of the molecule is C[C@H]1CCc2c(sc3ncn4nc(/C=C/C(=O)O)nc4c23)C1. The Hall–Kier alpha value is -2.28. The summed E-state index contributed by atoms with van der Waals surface area (Å²) >= 11 is 1.74. The number of carbonyl (C=O) groups is 1. The average molecular weight is 314 g/mol. The molecule has 0 saturated heterocycles. The van der Waals surface area contributed by atoms with Gasteiger partial charge in [-0.25, -0.2) is 19.3 Å². The highest BCUT2D eigenvalue weighted by Gasteiger charge is 2.23. The Morgan fingerprint density at radius 1 is 1.55 bits per heavy atom. The Morgan fingerprint density at radius 2 is 2.41 bits per heavy atom. The van der Waals surface area contributed by atoms with E-state index < -0.39 is 5.97 Å². The third kappa shape index (κ3) is 2.09. The van der Waals surface area contributed by atoms with Crippen molar-refractivity contribution >= 4 is 39.2 Å². The third-order valence-corrected chi connectivity index (χ3v) is 5.19. The fourth-order valence-electron chi connectivity index (χ4n) is 2.97. The van der Waals surface area contributed by atoms with Crippen LogP contribution in [0, 0.1) is 5.92 Å². The van der Waals surface area contributed by atoms with E-state index in [1.165, 1.54) is 22.9 Å². The Labute approximate surface area is 130 Å². The van der Waals surface area contributed by atoms with Gasteiger partial charge < -0.3 is 5.11 Å². The lowest BCUT2D eigenvalue weighted by atomic mass is 9.89. The van der Waals surface area contributed by atoms with Gasteiger partial charge in [0.05, 0.1) is 5.39 Å². The van der Waals surface area contributed by atoms with Gasteiger partial charge in [0.1, 0.15) is 11.2 Å². The molecule has 7 heteroatoms. The molecule has 0 radical (unpaired) electrons. The van der Waals surface area contributed by atoms with Crippen molar-refractivity contribution < 1.29 is 9.90 Å². The fraction of sp³-hybridized carbons (Fsp3) is 0.333. The summed E-state index contributed by atoms with van der Waals surface area (Å²) in [6.45, 7) is 2.28. The van der Waals surface area contributed by atoms with Crippen molar-refractivity contribution in [2.45, 2.75) is 26.2 Å². The highest BCUT2D eigenvalue weighted by molar-refractivity contribution is 7.19. The Kier molecular flexibility index (Phi) is 2.97. The van der Waals surface area contributed by atoms with Gasteiger partial charge in [0.15, 0.2) is 11.5 Å². The molecule has 0 saturated carbocycles. The minimum atomic E-state index is -1.01. The molecule has 1 aliphatic rings. The van der Waals surface area contributed by atoms with Gasteiger partial charge in [-0.2, -0.15) is 0 Å². The molecule has 0 bridgehead atoms. The maximum atomic E-state index is 10.6. The molecule has 22 heavy (non-hydrogen) atoms. The molecule has 0 spiro atoms. The molecule has 3 aromatic heterocycles. The van der Waals surface area contributed by atoms with Gasteiger partial charge in [0, 0.05) is 11.0 Å². The predicted octanol–water partition coefficient (Wildman–Crippen LogP) is 2.56. The van der Waals surface area contributed by atoms with Gasteiger partial charge in [-0.05, 0) is 36.8 Å². The van der Waals surface area contributed by atoms with Crippen LogP contribution in [0.15, 0.2) is 12.4 Å². The second-order valence-corrected chi connectivity index (χ2v) is 6.77. The molecule has 0 aliphatic heterocycles. The number of aryl methyl sites for hydroxylation is 1. The summed E-state index contributed by atoms with van der Waals surface area (Å²) in [5.74, 6) is 0.0911. The van der Waals surface area contributed by atoms with E-state index in [-0.39, 0.29) is 0 Å². The van der Waals surface area contributed by atoms with Crippen molar-refractivity contribution in [2.75, 3.05) is 0 Å². The van der Waals surface area contributed by atoms with E-state index in [0.29, 0.717) is 11.7 Å². The average Bonchev–Trinajstić information content (AvgIpc) is 3.03. The minimum absolute atomic E-state index is 0.390. The number of hydrogen-bond acceptors (Lipinski definition) is 5. The second kappa shape index (κ2) is 4.88. The Balaban J connectivity index is 1.92. The van der Waals surface area contributed by atoms with E-state index in [1.807, 2.05) is 0 Å². The molecule has 4 rings (SSSR count). The Bertz CT molecular complexity index is 925. The number of hydrogen-bond donors (Lipinski definition) is 1. The van der Waals surface area contributed by atoms with Crippen LogP contribution >= 0.6 is 11.3 Å². The molecular formula is C15H14N4O2S. The van der Waals surface area contributed by atoms with Crippen molar-refractivity contribution in [1.29, 1.82) is 0 Å². The van der Waals surface area contributed by atoms with Crippen molar-refractivity contribution in [3.63, 3.8) is 0 Å². The second-order valence-electron chi connectivity index (χ2n) is 5.69. The molecule has 0 amide bonds. The van der Waals surface area contributed by atoms with E-state index in [9.17, 15) is 4.79 Å². The monoisotopic (exact) mass is 314 g/mol. The first kappa shape index (κ1) is 13.4. The quantitative estimate of drug-likeness (QED) is 0.735. The van der Waals surface area contributed by atoms with Gasteiger partial charge in [-0.1, -0.05) is 6.92 Å². The molecular weight excluding hydrogens is 300 g/mol. The highest BCUT2D eigenvalue weighted by Crippen LogP contribution is 2.38. The number of aromatic nitrogens is 4. The lowest BCUT2D eigenvalue weighted by Crippen LogP contribution is -2.08. The normalized spacial score (nSPS) is 18.3. The van der Waals surface area contributed by atoms with Crippen LogP contribution in [-0.4, -0.2) is 30.7 Å². The molecule has 3 aromatic rings. The first-order valence-electron chi connectivity index (χ1n) is 7.18. The van der Waals surface area contributed by atoms with Crippen molar-refractivity contribution in [2.24, 2.45) is 5.92 Å². The molecule has 0 aromatic carbocycles. The molecule has 6 nitrogen and oxygen atoms in total. The van der Waals surface area contributed by atoms with E-state index in [2.05, 4.69) is 22.0 Å². The summed E-state index contributed by atoms with van der Waals surface area (Å²) in [6, 6.07) is 0. The number of fused-ring (bicyclic) bond motifs is 5. The van der Waals surface area contributed by atoms with Gasteiger partial charge in [-0.3, -0.25) is 0 Å². The maximum Gasteiger partial charge on any atom is 0.328 e. The zero-order valence-electron chi connectivity index (χ0n) is 12.0. The fourth-order valence-corrected chi connectivity index (χ4v) is 4.32. The zero-order valence-corrected chi connectivity index (χ0v) is 12.8. The van der Waals surface area contributed by atoms with E-state index in [0.717, 1.165) is 34.8 Å². The molecule has 3 heterocycles. The van der Waals surface area contributed by atoms with Crippen LogP contribution in [0.25, 0.3) is 21.9 Å². The summed E-state index contributed by atoms with van der Waals surface area (Å²) < 4.78 is 1.63. The number of thiophene rings is 1. The predicted molar refractivity (Wildman–Crippen MR) is 84.0 cm³/mol. The van der Waals surface area contributed by atoms with Crippen LogP contribution < -0.4 is 0 Å². The standard InChI is InChI=1S/C15H14N4O2S/c1-8-2-3-9-10(6-8)22-15-13(9)14-17-11(4-5-12(20)21)18-19(14)7-16-15/h4-5,7-8H,2-3,6H2,1H3,(H,20,21)/b5-4+/t8-/m0/s1. The lowest BCUT2D eigenvalue weighted by Gasteiger charge is -2.17. The Morgan fingerprint density at radius 3 is 3.23 bits per heavy atom. The van der Waals surface area contributed by atoms with Crippen LogP contribution in [0.1, 0.15) is 29.6 Å². The van der Waals surface area contributed by atoms with Crippen LogP contribution in [0.4, 0.5) is 0 Å². The van der Waals surface area contributed by atoms with Gasteiger partial charge >= 0.3 is 5.97 Å². The summed E-state index contributed by atoms with van der Waals surface area (Å²) in [5.41, 5.74) is 2.11. The zero-order chi connectivity index (χ0) is 15.3. The third-order valence-electron chi connectivity index (χ3n) is 4.02. The minimum Gasteiger partial charge on any atom is -0.478 e. The summed E-state index contributed by atoms with van der Waals surface area (Å²) in [5, 5.41) is 14.1. The largest absolute Gasteiger partial charge is 0.478 e. The number of carboxylic acids is 1. The van der Waals surface area contributed by atoms with Crippen LogP contribution in [-0.2, 0) is 17.6 Å². The molecule has 0 unspecified atom stereocenters. The van der Waals surface area contributed by atoms with E-state index in [4.69, 9.17) is 5.11 Å². The van der Waals surface area contributed by atoms with Crippen molar-refractivity contribution in [3.05, 3.63) is 28.7 Å². The van der Waals surface area contributed by atoms with Crippen molar-refractivity contribution in [1.82, 2.24) is 19.6 Å². The molecule has 1 N–H and O–H groups in total. The highest BCUT2D eigenvalue weighted by atomic mass is 32.1. The molecule has 1 atom stereocenters. The lowest BCUT2D eigenvalue weighted by molar-refractivity contribution is -0.131. The molecule has 1 aliphatic carbocycles. The van der Waals surface area contributed by atoms with E-state index in [1.54, 1.807) is 22.2 Å². The number of aliphatic carboxylic acids is 1. The van der Waals surface area contributed by atoms with Gasteiger partial charge in [0.25, 0.3) is 0 Å². The first-order valence-corrected chi connectivity index (χ1v) is 8.00. The summed E-state index contributed by atoms with van der Waals surface area (Å²) in [6.07, 6.45) is 7.42. The van der Waals surface area contributed by atoms with Crippen LogP contribution in [0.2, 0.25) is 0 Å². The number of nitrogens with zero attached hydrogens (tertiary/aromatic N) is 4. The topological polar surface area (TPSA) is 80.4 Å². The maximum absolute atomic E-state index is 10.6. The molecule has 0 fully saturated rings. The van der Waals surface area contributed by atoms with Crippen LogP contribution in [0.3, 0.4) is 0 Å².